The van der Waals surface area contributed by atoms with Crippen molar-refractivity contribution in [2.45, 2.75) is 29.6 Å². The largest absolute Gasteiger partial charge is 0.508 e. The van der Waals surface area contributed by atoms with Crippen LogP contribution in [0.3, 0.4) is 0 Å². The highest BCUT2D eigenvalue weighted by atomic mass is 16.6. The summed E-state index contributed by atoms with van der Waals surface area (Å²) < 4.78 is 6.36. The van der Waals surface area contributed by atoms with Gasteiger partial charge in [0.15, 0.2) is 0 Å². The number of aromatic hydroxyl groups is 1. The van der Waals surface area contributed by atoms with Gasteiger partial charge in [0, 0.05) is 17.8 Å². The van der Waals surface area contributed by atoms with Gasteiger partial charge >= 0.3 is 12.0 Å². The molecule has 2 fully saturated rings. The molecule has 11 heteroatoms. The number of urea groups is 1. The number of rotatable bonds is 7. The van der Waals surface area contributed by atoms with Crippen LogP contribution in [0.1, 0.15) is 46.0 Å². The predicted molar refractivity (Wildman–Crippen MR) is 189 cm³/mol. The van der Waals surface area contributed by atoms with Crippen molar-refractivity contribution in [2.75, 3.05) is 18.4 Å². The molecule has 7 rings (SSSR count). The minimum absolute atomic E-state index is 0.00121. The number of hydrogen-bond donors (Lipinski definition) is 5. The smallest absolute Gasteiger partial charge is 0.324 e. The minimum Gasteiger partial charge on any atom is -0.508 e. The number of carbonyl (C=O) groups is 4. The third-order valence-electron chi connectivity index (χ3n) is 9.80. The number of benzene rings is 4. The van der Waals surface area contributed by atoms with Gasteiger partial charge in [0.2, 0.25) is 11.8 Å². The molecule has 0 bridgehead atoms. The fraction of sp³-hybridized carbons (Fsp3) is 0.200. The third kappa shape index (κ3) is 5.65. The van der Waals surface area contributed by atoms with E-state index in [1.807, 2.05) is 65.6 Å². The molecule has 0 unspecified atom stereocenters. The van der Waals surface area contributed by atoms with E-state index in [-0.39, 0.29) is 18.8 Å². The summed E-state index contributed by atoms with van der Waals surface area (Å²) in [6, 6.07) is 27.1. The topological polar surface area (TPSA) is 163 Å². The number of phenols is 1. The number of anilines is 1. The minimum atomic E-state index is -1.69. The zero-order valence-corrected chi connectivity index (χ0v) is 27.4. The maximum absolute atomic E-state index is 14.9. The first-order chi connectivity index (χ1) is 24.7. The van der Waals surface area contributed by atoms with Crippen LogP contribution in [0, 0.1) is 17.8 Å². The highest BCUT2D eigenvalue weighted by molar-refractivity contribution is 6.12. The second kappa shape index (κ2) is 13.5. The van der Waals surface area contributed by atoms with E-state index >= 15 is 0 Å². The van der Waals surface area contributed by atoms with Crippen LogP contribution in [0.5, 0.6) is 5.75 Å². The van der Waals surface area contributed by atoms with E-state index in [2.05, 4.69) is 34.4 Å². The van der Waals surface area contributed by atoms with E-state index in [1.54, 1.807) is 30.3 Å². The van der Waals surface area contributed by atoms with Gasteiger partial charge in [-0.05, 0) is 52.6 Å². The van der Waals surface area contributed by atoms with Gasteiger partial charge in [0.1, 0.15) is 23.3 Å². The molecule has 2 saturated heterocycles. The number of nitrogens with one attached hydrogen (secondary N) is 3. The number of ether oxygens (including phenoxy) is 1. The molecule has 4 amide bonds. The number of nitrogens with zero attached hydrogens (tertiary/aromatic N) is 1. The summed E-state index contributed by atoms with van der Waals surface area (Å²) in [6.07, 6.45) is 0.728. The average molecular weight is 682 g/mol. The number of primary amides is 1. The van der Waals surface area contributed by atoms with E-state index < -0.39 is 59.4 Å². The molecule has 0 aromatic heterocycles. The van der Waals surface area contributed by atoms with Gasteiger partial charge < -0.3 is 31.5 Å². The highest BCUT2D eigenvalue weighted by Crippen LogP contribution is 2.64. The molecule has 1 spiro atoms. The Hall–Kier alpha value is -6.38. The standard InChI is InChI=1S/C40H35N5O6/c1-2-21-42-36(47)31-33-37(48)51-34(26-13-7-4-8-14-26)32(25-11-5-3-6-12-25)45(33)35(27-16-18-28(46)19-17-27)40(31)29-23-24(10-9-22-43-39(41)50)15-20-30(29)44-38(40)49/h2-8,11-20,23,31-35,46H,1,21-22H2,(H,42,47)(H,44,49)(H3,41,43,50)/t31-,32-,33-,34+,35+,40-/m0/s1. The maximum Gasteiger partial charge on any atom is 0.324 e. The van der Waals surface area contributed by atoms with Crippen molar-refractivity contribution in [1.82, 2.24) is 15.5 Å². The van der Waals surface area contributed by atoms with Crippen LogP contribution in [0.2, 0.25) is 0 Å². The van der Waals surface area contributed by atoms with Gasteiger partial charge in [0.25, 0.3) is 0 Å². The molecule has 0 saturated carbocycles. The summed E-state index contributed by atoms with van der Waals surface area (Å²) in [5.74, 6) is 2.96. The van der Waals surface area contributed by atoms with Gasteiger partial charge in [-0.2, -0.15) is 0 Å². The van der Waals surface area contributed by atoms with Gasteiger partial charge in [0.05, 0.1) is 24.5 Å². The van der Waals surface area contributed by atoms with Crippen molar-refractivity contribution in [2.24, 2.45) is 11.7 Å². The third-order valence-corrected chi connectivity index (χ3v) is 9.80. The molecule has 11 nitrogen and oxygen atoms in total. The lowest BCUT2D eigenvalue weighted by Crippen LogP contribution is -2.54. The number of phenolic OH excluding ortho intramolecular Hbond substituents is 1. The van der Waals surface area contributed by atoms with Crippen molar-refractivity contribution in [1.29, 1.82) is 0 Å². The van der Waals surface area contributed by atoms with E-state index in [4.69, 9.17) is 10.5 Å². The summed E-state index contributed by atoms with van der Waals surface area (Å²) in [5.41, 5.74) is 7.13. The quantitative estimate of drug-likeness (QED) is 0.112. The van der Waals surface area contributed by atoms with Crippen LogP contribution in [-0.2, 0) is 24.5 Å². The molecular formula is C40H35N5O6. The van der Waals surface area contributed by atoms with Crippen LogP contribution < -0.4 is 21.7 Å². The van der Waals surface area contributed by atoms with Gasteiger partial charge in [-0.1, -0.05) is 90.7 Å². The number of carbonyl (C=O) groups excluding carboxylic acids is 4. The van der Waals surface area contributed by atoms with Crippen LogP contribution in [-0.4, -0.2) is 53.0 Å². The summed E-state index contributed by atoms with van der Waals surface area (Å²) in [5, 5.41) is 18.7. The number of hydrogen-bond acceptors (Lipinski definition) is 7. The molecule has 6 atom stereocenters. The molecule has 0 radical (unpaired) electrons. The Labute approximate surface area is 294 Å². The van der Waals surface area contributed by atoms with Crippen LogP contribution in [0.4, 0.5) is 10.5 Å². The number of morpholine rings is 1. The van der Waals surface area contributed by atoms with E-state index in [1.165, 1.54) is 18.2 Å². The normalized spacial score (nSPS) is 24.7. The monoisotopic (exact) mass is 681 g/mol. The first-order valence-electron chi connectivity index (χ1n) is 16.5. The van der Waals surface area contributed by atoms with Crippen molar-refractivity contribution < 1.29 is 29.0 Å². The van der Waals surface area contributed by atoms with E-state index in [9.17, 15) is 24.3 Å². The number of cyclic esters (lactones) is 1. The highest BCUT2D eigenvalue weighted by Gasteiger charge is 2.74. The Balaban J connectivity index is 1.52. The van der Waals surface area contributed by atoms with E-state index in [0.29, 0.717) is 22.4 Å². The summed E-state index contributed by atoms with van der Waals surface area (Å²) >= 11 is 0. The fourth-order valence-corrected chi connectivity index (χ4v) is 7.89. The average Bonchev–Trinajstić information content (AvgIpc) is 3.62. The second-order valence-electron chi connectivity index (χ2n) is 12.6. The lowest BCUT2D eigenvalue weighted by Gasteiger charge is -2.46. The molecule has 3 heterocycles. The Bertz CT molecular complexity index is 2080. The fourth-order valence-electron chi connectivity index (χ4n) is 7.89. The lowest BCUT2D eigenvalue weighted by molar-refractivity contribution is -0.178. The van der Waals surface area contributed by atoms with Crippen molar-refractivity contribution in [3.8, 4) is 17.6 Å². The van der Waals surface area contributed by atoms with E-state index in [0.717, 1.165) is 11.1 Å². The number of nitrogens with two attached hydrogens (primary N) is 1. The van der Waals surface area contributed by atoms with Crippen molar-refractivity contribution in [3.05, 3.63) is 144 Å². The van der Waals surface area contributed by atoms with Gasteiger partial charge in [-0.3, -0.25) is 19.3 Å². The molecular weight excluding hydrogens is 646 g/mol. The molecule has 3 aliphatic heterocycles. The predicted octanol–water partition coefficient (Wildman–Crippen LogP) is 3.99. The van der Waals surface area contributed by atoms with Crippen molar-refractivity contribution in [3.63, 3.8) is 0 Å². The van der Waals surface area contributed by atoms with Crippen LogP contribution in [0.15, 0.2) is 116 Å². The second-order valence-corrected chi connectivity index (χ2v) is 12.6. The number of fused-ring (bicyclic) bond motifs is 3. The number of amides is 4. The molecule has 0 aliphatic carbocycles. The summed E-state index contributed by atoms with van der Waals surface area (Å²) in [6.45, 7) is 3.85. The summed E-state index contributed by atoms with van der Waals surface area (Å²) in [7, 11) is 0. The Morgan fingerprint density at radius 1 is 0.922 bits per heavy atom. The molecule has 256 valence electrons. The van der Waals surface area contributed by atoms with Crippen LogP contribution >= 0.6 is 0 Å². The molecule has 4 aromatic carbocycles. The molecule has 4 aromatic rings. The number of esters is 1. The zero-order valence-electron chi connectivity index (χ0n) is 27.4. The molecule has 6 N–H and O–H groups in total. The Morgan fingerprint density at radius 3 is 2.27 bits per heavy atom. The van der Waals surface area contributed by atoms with Crippen molar-refractivity contribution >= 4 is 29.5 Å². The van der Waals surface area contributed by atoms with Crippen LogP contribution in [0.25, 0.3) is 0 Å². The lowest BCUT2D eigenvalue weighted by atomic mass is 9.65. The maximum atomic E-state index is 14.9. The van der Waals surface area contributed by atoms with Gasteiger partial charge in [-0.15, -0.1) is 6.58 Å². The zero-order chi connectivity index (χ0) is 35.7. The first kappa shape index (κ1) is 33.1. The first-order valence-corrected chi connectivity index (χ1v) is 16.5. The SMILES string of the molecule is C=CCNC(=O)[C@@H]1[C@H]2C(=O)O[C@H](c3ccccc3)[C@H](c3ccccc3)N2[C@H](c2ccc(O)cc2)[C@@]12C(=O)Nc1ccc(C#CCNC(N)=O)cc12. The summed E-state index contributed by atoms with van der Waals surface area (Å²) in [4.78, 5) is 57.4. The molecule has 51 heavy (non-hydrogen) atoms. The van der Waals surface area contributed by atoms with Gasteiger partial charge in [-0.25, -0.2) is 4.79 Å². The Morgan fingerprint density at radius 2 is 1.61 bits per heavy atom. The molecule has 3 aliphatic rings. The Kier molecular flexibility index (Phi) is 8.77.